The predicted molar refractivity (Wildman–Crippen MR) is 66.3 cm³/mol. The molecule has 0 atom stereocenters. The van der Waals surface area contributed by atoms with E-state index in [1.807, 2.05) is 4.90 Å². The molecule has 3 rings (SSSR count). The fraction of sp³-hybridized carbons (Fsp3) is 0.636. The van der Waals surface area contributed by atoms with E-state index in [1.165, 1.54) is 4.88 Å². The van der Waals surface area contributed by atoms with Crippen LogP contribution in [0.1, 0.15) is 20.4 Å². The lowest BCUT2D eigenvalue weighted by Gasteiger charge is -2.26. The van der Waals surface area contributed by atoms with Crippen molar-refractivity contribution >= 4 is 17.2 Å². The van der Waals surface area contributed by atoms with Crippen LogP contribution in [0.2, 0.25) is 0 Å². The minimum atomic E-state index is 0.103. The molecule has 0 aromatic carbocycles. The highest BCUT2D eigenvalue weighted by Crippen LogP contribution is 2.22. The van der Waals surface area contributed by atoms with Crippen LogP contribution in [0.25, 0.3) is 0 Å². The molecule has 2 aliphatic rings. The fourth-order valence-electron chi connectivity index (χ4n) is 2.22. The van der Waals surface area contributed by atoms with Crippen LogP contribution in [-0.2, 0) is 13.0 Å². The first kappa shape index (κ1) is 11.1. The largest absolute Gasteiger partial charge is 0.334 e. The number of rotatable bonds is 1. The number of hydrogen-bond donors (Lipinski definition) is 2. The summed E-state index contributed by atoms with van der Waals surface area (Å²) < 4.78 is 0. The van der Waals surface area contributed by atoms with Crippen LogP contribution >= 0.6 is 11.3 Å². The van der Waals surface area contributed by atoms with E-state index < -0.39 is 0 Å². The van der Waals surface area contributed by atoms with E-state index in [0.29, 0.717) is 5.01 Å². The van der Waals surface area contributed by atoms with Crippen LogP contribution in [0.15, 0.2) is 0 Å². The maximum absolute atomic E-state index is 12.2. The summed E-state index contributed by atoms with van der Waals surface area (Å²) in [7, 11) is 0. The predicted octanol–water partition coefficient (Wildman–Crippen LogP) is -0.166. The first-order valence-electron chi connectivity index (χ1n) is 6.04. The zero-order valence-electron chi connectivity index (χ0n) is 9.66. The standard InChI is InChI=1S/C11H16N4OS/c16-11(15-5-3-12-4-6-15)10-14-8-1-2-13-7-9(8)17-10/h12-13H,1-7H2. The second kappa shape index (κ2) is 4.72. The Labute approximate surface area is 104 Å². The molecule has 17 heavy (non-hydrogen) atoms. The molecule has 2 aliphatic heterocycles. The summed E-state index contributed by atoms with van der Waals surface area (Å²) in [6.07, 6.45) is 0.945. The molecule has 1 aromatic rings. The fourth-order valence-corrected chi connectivity index (χ4v) is 3.27. The molecule has 0 saturated carbocycles. The van der Waals surface area contributed by atoms with E-state index in [2.05, 4.69) is 15.6 Å². The van der Waals surface area contributed by atoms with Gasteiger partial charge < -0.3 is 15.5 Å². The summed E-state index contributed by atoms with van der Waals surface area (Å²) >= 11 is 1.55. The van der Waals surface area contributed by atoms with Gasteiger partial charge >= 0.3 is 0 Å². The quantitative estimate of drug-likeness (QED) is 0.729. The Morgan fingerprint density at radius 1 is 1.24 bits per heavy atom. The number of aromatic nitrogens is 1. The first-order chi connectivity index (χ1) is 8.34. The number of thiazole rings is 1. The SMILES string of the molecule is O=C(c1nc2c(s1)CNCC2)N1CCNCC1. The number of hydrogen-bond acceptors (Lipinski definition) is 5. The van der Waals surface area contributed by atoms with Crippen LogP contribution in [-0.4, -0.2) is 48.5 Å². The molecule has 1 saturated heterocycles. The number of carbonyl (C=O) groups excluding carboxylic acids is 1. The summed E-state index contributed by atoms with van der Waals surface area (Å²) in [4.78, 5) is 19.9. The van der Waals surface area contributed by atoms with Gasteiger partial charge in [-0.15, -0.1) is 11.3 Å². The monoisotopic (exact) mass is 252 g/mol. The highest BCUT2D eigenvalue weighted by Gasteiger charge is 2.23. The molecule has 1 aromatic heterocycles. The summed E-state index contributed by atoms with van der Waals surface area (Å²) in [6, 6.07) is 0. The molecule has 0 unspecified atom stereocenters. The Morgan fingerprint density at radius 3 is 2.82 bits per heavy atom. The molecule has 1 amide bonds. The molecular weight excluding hydrogens is 236 g/mol. The van der Waals surface area contributed by atoms with E-state index in [9.17, 15) is 4.79 Å². The molecule has 2 N–H and O–H groups in total. The van der Waals surface area contributed by atoms with Crippen molar-refractivity contribution in [2.24, 2.45) is 0 Å². The second-order valence-corrected chi connectivity index (χ2v) is 5.44. The van der Waals surface area contributed by atoms with Gasteiger partial charge in [0.25, 0.3) is 5.91 Å². The Bertz CT molecular complexity index is 402. The van der Waals surface area contributed by atoms with Crippen molar-refractivity contribution in [2.45, 2.75) is 13.0 Å². The molecule has 92 valence electrons. The Balaban J connectivity index is 1.78. The van der Waals surface area contributed by atoms with E-state index in [0.717, 1.165) is 51.4 Å². The summed E-state index contributed by atoms with van der Waals surface area (Å²) in [5.41, 5.74) is 1.12. The third kappa shape index (κ3) is 2.20. The molecule has 6 heteroatoms. The van der Waals surface area contributed by atoms with Crippen molar-refractivity contribution in [3.63, 3.8) is 0 Å². The first-order valence-corrected chi connectivity index (χ1v) is 6.85. The summed E-state index contributed by atoms with van der Waals surface area (Å²) in [5.74, 6) is 0.103. The lowest BCUT2D eigenvalue weighted by molar-refractivity contribution is 0.0735. The lowest BCUT2D eigenvalue weighted by Crippen LogP contribution is -2.46. The van der Waals surface area contributed by atoms with Gasteiger partial charge in [-0.2, -0.15) is 0 Å². The average Bonchev–Trinajstić information content (AvgIpc) is 2.82. The number of nitrogens with one attached hydrogen (secondary N) is 2. The van der Waals surface area contributed by atoms with Crippen LogP contribution < -0.4 is 10.6 Å². The number of fused-ring (bicyclic) bond motifs is 1. The summed E-state index contributed by atoms with van der Waals surface area (Å²) in [5, 5.41) is 7.22. The van der Waals surface area contributed by atoms with Crippen LogP contribution in [0.5, 0.6) is 0 Å². The number of carbonyl (C=O) groups is 1. The van der Waals surface area contributed by atoms with Gasteiger partial charge in [-0.1, -0.05) is 0 Å². The van der Waals surface area contributed by atoms with Crippen LogP contribution in [0, 0.1) is 0 Å². The van der Waals surface area contributed by atoms with Gasteiger partial charge in [0.05, 0.1) is 5.69 Å². The van der Waals surface area contributed by atoms with Gasteiger partial charge in [-0.25, -0.2) is 4.98 Å². The van der Waals surface area contributed by atoms with Gasteiger partial charge in [0.1, 0.15) is 0 Å². The minimum Gasteiger partial charge on any atom is -0.334 e. The van der Waals surface area contributed by atoms with Gasteiger partial charge in [0.15, 0.2) is 5.01 Å². The van der Waals surface area contributed by atoms with E-state index in [4.69, 9.17) is 0 Å². The van der Waals surface area contributed by atoms with Crippen molar-refractivity contribution < 1.29 is 4.79 Å². The molecule has 0 aliphatic carbocycles. The molecule has 5 nitrogen and oxygen atoms in total. The molecular formula is C11H16N4OS. The summed E-state index contributed by atoms with van der Waals surface area (Å²) in [6.45, 7) is 5.19. The number of amides is 1. The van der Waals surface area contributed by atoms with Gasteiger partial charge in [0.2, 0.25) is 0 Å². The van der Waals surface area contributed by atoms with Crippen molar-refractivity contribution in [1.29, 1.82) is 0 Å². The van der Waals surface area contributed by atoms with Crippen molar-refractivity contribution in [3.05, 3.63) is 15.6 Å². The maximum atomic E-state index is 12.2. The van der Waals surface area contributed by atoms with Crippen molar-refractivity contribution in [2.75, 3.05) is 32.7 Å². The number of piperazine rings is 1. The third-order valence-electron chi connectivity index (χ3n) is 3.19. The Kier molecular flexibility index (Phi) is 3.09. The van der Waals surface area contributed by atoms with Crippen molar-refractivity contribution in [3.8, 4) is 0 Å². The minimum absolute atomic E-state index is 0.103. The van der Waals surface area contributed by atoms with Crippen molar-refractivity contribution in [1.82, 2.24) is 20.5 Å². The number of nitrogens with zero attached hydrogens (tertiary/aromatic N) is 2. The van der Waals surface area contributed by atoms with Gasteiger partial charge in [0, 0.05) is 50.6 Å². The van der Waals surface area contributed by atoms with E-state index in [1.54, 1.807) is 11.3 Å². The Hall–Kier alpha value is -0.980. The van der Waals surface area contributed by atoms with Gasteiger partial charge in [-0.3, -0.25) is 4.79 Å². The molecule has 3 heterocycles. The smallest absolute Gasteiger partial charge is 0.282 e. The Morgan fingerprint density at radius 2 is 2.06 bits per heavy atom. The maximum Gasteiger partial charge on any atom is 0.282 e. The average molecular weight is 252 g/mol. The van der Waals surface area contributed by atoms with Crippen LogP contribution in [0.3, 0.4) is 0 Å². The van der Waals surface area contributed by atoms with E-state index in [-0.39, 0.29) is 5.91 Å². The molecule has 0 bridgehead atoms. The highest BCUT2D eigenvalue weighted by atomic mass is 32.1. The van der Waals surface area contributed by atoms with E-state index >= 15 is 0 Å². The topological polar surface area (TPSA) is 57.3 Å². The molecule has 1 fully saturated rings. The van der Waals surface area contributed by atoms with Gasteiger partial charge in [-0.05, 0) is 0 Å². The normalized spacial score (nSPS) is 20.1. The molecule has 0 spiro atoms. The lowest BCUT2D eigenvalue weighted by atomic mass is 10.2. The zero-order chi connectivity index (χ0) is 11.7. The van der Waals surface area contributed by atoms with Crippen LogP contribution in [0.4, 0.5) is 0 Å². The third-order valence-corrected chi connectivity index (χ3v) is 4.28. The highest BCUT2D eigenvalue weighted by molar-refractivity contribution is 7.13. The molecule has 0 radical (unpaired) electrons. The zero-order valence-corrected chi connectivity index (χ0v) is 10.5. The second-order valence-electron chi connectivity index (χ2n) is 4.36.